The molecule has 5 heteroatoms. The van der Waals surface area contributed by atoms with Crippen molar-refractivity contribution in [3.05, 3.63) is 48.0 Å². The van der Waals surface area contributed by atoms with Gasteiger partial charge in [0, 0.05) is 37.1 Å². The van der Waals surface area contributed by atoms with Gasteiger partial charge in [-0.05, 0) is 25.5 Å². The fraction of sp³-hybridized carbons (Fsp3) is 0.357. The molecule has 1 N–H and O–H groups in total. The van der Waals surface area contributed by atoms with Crippen LogP contribution in [0.4, 0.5) is 0 Å². The number of hydrogen-bond donors (Lipinski definition) is 1. The number of hydrogen-bond acceptors (Lipinski definition) is 3. The molecule has 0 radical (unpaired) electrons. The fourth-order valence-corrected chi connectivity index (χ4v) is 1.85. The second kappa shape index (κ2) is 6.13. The molecule has 0 unspecified atom stereocenters. The molecule has 0 aliphatic heterocycles. The first-order chi connectivity index (χ1) is 9.15. The minimum atomic E-state index is -0.0232. The van der Waals surface area contributed by atoms with E-state index in [1.807, 2.05) is 38.4 Å². The molecule has 0 aliphatic rings. The normalized spacial score (nSPS) is 12.1. The van der Waals surface area contributed by atoms with Crippen LogP contribution in [0.5, 0.6) is 0 Å². The summed E-state index contributed by atoms with van der Waals surface area (Å²) < 4.78 is 1.73. The van der Waals surface area contributed by atoms with Crippen LogP contribution < -0.4 is 5.32 Å². The van der Waals surface area contributed by atoms with Gasteiger partial charge in [0.05, 0.1) is 12.2 Å². The molecule has 0 aromatic carbocycles. The minimum absolute atomic E-state index is 0.0232. The molecule has 0 bridgehead atoms. The van der Waals surface area contributed by atoms with Crippen LogP contribution in [0.25, 0.3) is 0 Å². The van der Waals surface area contributed by atoms with Gasteiger partial charge in [-0.2, -0.15) is 5.10 Å². The number of aromatic nitrogens is 3. The maximum atomic E-state index is 11.8. The van der Waals surface area contributed by atoms with E-state index in [9.17, 15) is 4.79 Å². The summed E-state index contributed by atoms with van der Waals surface area (Å²) in [5, 5.41) is 7.05. The highest BCUT2D eigenvalue weighted by atomic mass is 16.1. The summed E-state index contributed by atoms with van der Waals surface area (Å²) in [6.07, 6.45) is 6.52. The predicted octanol–water partition coefficient (Wildman–Crippen LogP) is 1.63. The van der Waals surface area contributed by atoms with Gasteiger partial charge >= 0.3 is 0 Å². The molecular formula is C14H18N4O. The number of rotatable bonds is 5. The maximum Gasteiger partial charge on any atom is 0.220 e. The highest BCUT2D eigenvalue weighted by Gasteiger charge is 2.11. The molecule has 0 aliphatic carbocycles. The fourth-order valence-electron chi connectivity index (χ4n) is 1.85. The number of carbonyl (C=O) groups is 1. The third kappa shape index (κ3) is 3.91. The lowest BCUT2D eigenvalue weighted by atomic mass is 10.1. The van der Waals surface area contributed by atoms with Gasteiger partial charge < -0.3 is 5.32 Å². The molecule has 5 nitrogen and oxygen atoms in total. The predicted molar refractivity (Wildman–Crippen MR) is 72.3 cm³/mol. The lowest BCUT2D eigenvalue weighted by molar-refractivity contribution is -0.121. The largest absolute Gasteiger partial charge is 0.349 e. The van der Waals surface area contributed by atoms with E-state index < -0.39 is 0 Å². The van der Waals surface area contributed by atoms with E-state index in [0.29, 0.717) is 12.8 Å². The average molecular weight is 258 g/mol. The van der Waals surface area contributed by atoms with Crippen LogP contribution in [0.1, 0.15) is 30.6 Å². The summed E-state index contributed by atoms with van der Waals surface area (Å²) >= 11 is 0. The summed E-state index contributed by atoms with van der Waals surface area (Å²) in [6, 6.07) is 5.70. The summed E-state index contributed by atoms with van der Waals surface area (Å²) in [5.41, 5.74) is 1.94. The van der Waals surface area contributed by atoms with E-state index in [1.54, 1.807) is 17.1 Å². The summed E-state index contributed by atoms with van der Waals surface area (Å²) in [4.78, 5) is 16.0. The Hall–Kier alpha value is -2.17. The first-order valence-corrected chi connectivity index (χ1v) is 6.33. The number of nitrogens with zero attached hydrogens (tertiary/aromatic N) is 3. The monoisotopic (exact) mass is 258 g/mol. The van der Waals surface area contributed by atoms with E-state index in [2.05, 4.69) is 15.4 Å². The van der Waals surface area contributed by atoms with Crippen LogP contribution in [-0.2, 0) is 18.3 Å². The van der Waals surface area contributed by atoms with Crippen LogP contribution in [-0.4, -0.2) is 20.7 Å². The van der Waals surface area contributed by atoms with Gasteiger partial charge in [-0.15, -0.1) is 0 Å². The van der Waals surface area contributed by atoms with Crippen molar-refractivity contribution in [2.24, 2.45) is 7.05 Å². The summed E-state index contributed by atoms with van der Waals surface area (Å²) in [5.74, 6) is 0.0296. The maximum absolute atomic E-state index is 11.8. The Morgan fingerprint density at radius 1 is 1.47 bits per heavy atom. The van der Waals surface area contributed by atoms with Gasteiger partial charge in [0.15, 0.2) is 0 Å². The molecule has 0 fully saturated rings. The molecule has 0 saturated carbocycles. The number of nitrogens with one attached hydrogen (secondary N) is 1. The lowest BCUT2D eigenvalue weighted by Gasteiger charge is -2.11. The molecule has 2 aromatic rings. The van der Waals surface area contributed by atoms with Crippen molar-refractivity contribution in [1.82, 2.24) is 20.1 Å². The van der Waals surface area contributed by atoms with E-state index in [0.717, 1.165) is 11.3 Å². The Morgan fingerprint density at radius 3 is 2.95 bits per heavy atom. The van der Waals surface area contributed by atoms with Crippen molar-refractivity contribution in [3.8, 4) is 0 Å². The van der Waals surface area contributed by atoms with Crippen molar-refractivity contribution in [3.63, 3.8) is 0 Å². The molecular weight excluding hydrogens is 240 g/mol. The standard InChI is InChI=1S/C14H18N4O/c1-11(12-9-16-18(2)10-12)17-14(19)7-6-13-5-3-4-8-15-13/h3-5,8-11H,6-7H2,1-2H3,(H,17,19)/t11-/m0/s1. The zero-order valence-electron chi connectivity index (χ0n) is 11.2. The topological polar surface area (TPSA) is 59.8 Å². The van der Waals surface area contributed by atoms with E-state index in [1.165, 1.54) is 0 Å². The Kier molecular flexibility index (Phi) is 4.28. The molecule has 2 rings (SSSR count). The highest BCUT2D eigenvalue weighted by molar-refractivity contribution is 5.76. The lowest BCUT2D eigenvalue weighted by Crippen LogP contribution is -2.26. The van der Waals surface area contributed by atoms with Gasteiger partial charge in [-0.25, -0.2) is 0 Å². The second-order valence-electron chi connectivity index (χ2n) is 4.56. The molecule has 19 heavy (non-hydrogen) atoms. The molecule has 2 aromatic heterocycles. The number of carbonyl (C=O) groups excluding carboxylic acids is 1. The van der Waals surface area contributed by atoms with Crippen LogP contribution in [0.2, 0.25) is 0 Å². The van der Waals surface area contributed by atoms with Gasteiger partial charge in [0.25, 0.3) is 0 Å². The third-order valence-corrected chi connectivity index (χ3v) is 2.94. The van der Waals surface area contributed by atoms with E-state index in [-0.39, 0.29) is 11.9 Å². The van der Waals surface area contributed by atoms with E-state index in [4.69, 9.17) is 0 Å². The van der Waals surface area contributed by atoms with Gasteiger partial charge in [-0.3, -0.25) is 14.5 Å². The average Bonchev–Trinajstić information content (AvgIpc) is 2.84. The smallest absolute Gasteiger partial charge is 0.220 e. The second-order valence-corrected chi connectivity index (χ2v) is 4.56. The van der Waals surface area contributed by atoms with Gasteiger partial charge in [0.1, 0.15) is 0 Å². The van der Waals surface area contributed by atoms with Crippen molar-refractivity contribution in [1.29, 1.82) is 0 Å². The van der Waals surface area contributed by atoms with Crippen LogP contribution in [0, 0.1) is 0 Å². The molecule has 0 saturated heterocycles. The van der Waals surface area contributed by atoms with Crippen molar-refractivity contribution in [2.45, 2.75) is 25.8 Å². The third-order valence-electron chi connectivity index (χ3n) is 2.94. The van der Waals surface area contributed by atoms with E-state index >= 15 is 0 Å². The molecule has 1 amide bonds. The minimum Gasteiger partial charge on any atom is -0.349 e. The first kappa shape index (κ1) is 13.3. The van der Waals surface area contributed by atoms with Crippen LogP contribution in [0.15, 0.2) is 36.8 Å². The SMILES string of the molecule is C[C@H](NC(=O)CCc1ccccn1)c1cnn(C)c1. The van der Waals surface area contributed by atoms with Crippen LogP contribution in [0.3, 0.4) is 0 Å². The Bertz CT molecular complexity index is 535. The Morgan fingerprint density at radius 2 is 2.32 bits per heavy atom. The van der Waals surface area contributed by atoms with Gasteiger partial charge in [0.2, 0.25) is 5.91 Å². The first-order valence-electron chi connectivity index (χ1n) is 6.33. The summed E-state index contributed by atoms with van der Waals surface area (Å²) in [6.45, 7) is 1.95. The molecule has 2 heterocycles. The van der Waals surface area contributed by atoms with Crippen molar-refractivity contribution >= 4 is 5.91 Å². The number of amides is 1. The Balaban J connectivity index is 1.81. The zero-order valence-corrected chi connectivity index (χ0v) is 11.2. The summed E-state index contributed by atoms with van der Waals surface area (Å²) in [7, 11) is 1.86. The van der Waals surface area contributed by atoms with Crippen LogP contribution >= 0.6 is 0 Å². The Labute approximate surface area is 112 Å². The molecule has 100 valence electrons. The highest BCUT2D eigenvalue weighted by Crippen LogP contribution is 2.10. The van der Waals surface area contributed by atoms with Gasteiger partial charge in [-0.1, -0.05) is 6.07 Å². The molecule has 0 spiro atoms. The quantitative estimate of drug-likeness (QED) is 0.886. The number of aryl methyl sites for hydroxylation is 2. The number of pyridine rings is 1. The van der Waals surface area contributed by atoms with Crippen molar-refractivity contribution < 1.29 is 4.79 Å². The zero-order chi connectivity index (χ0) is 13.7. The van der Waals surface area contributed by atoms with Crippen molar-refractivity contribution in [2.75, 3.05) is 0 Å². The molecule has 1 atom stereocenters.